The molecule has 1 aliphatic rings. The Morgan fingerprint density at radius 1 is 1.37 bits per heavy atom. The van der Waals surface area contributed by atoms with Crippen molar-refractivity contribution in [1.82, 2.24) is 4.90 Å². The third-order valence-corrected chi connectivity index (χ3v) is 3.31. The highest BCUT2D eigenvalue weighted by atomic mass is 16.4. The van der Waals surface area contributed by atoms with E-state index in [1.807, 2.05) is 0 Å². The molecule has 7 nitrogen and oxygen atoms in total. The van der Waals surface area contributed by atoms with E-state index in [4.69, 9.17) is 10.6 Å². The number of carbonyl (C=O) groups is 2. The smallest absolute Gasteiger partial charge is 0.303 e. The van der Waals surface area contributed by atoms with Gasteiger partial charge >= 0.3 is 5.97 Å². The molecule has 1 rings (SSSR count). The highest BCUT2D eigenvalue weighted by Crippen LogP contribution is 2.18. The molecular weight excluding hydrogens is 248 g/mol. The Hall–Kier alpha value is -1.75. The van der Waals surface area contributed by atoms with E-state index >= 15 is 0 Å². The number of carbonyl (C=O) groups excluding carboxylic acids is 1. The summed E-state index contributed by atoms with van der Waals surface area (Å²) in [6.07, 6.45) is 3.65. The van der Waals surface area contributed by atoms with Crippen LogP contribution in [0.15, 0.2) is 5.11 Å². The first-order valence-electron chi connectivity index (χ1n) is 6.64. The predicted octanol–water partition coefficient (Wildman–Crippen LogP) is 2.18. The molecule has 0 spiro atoms. The zero-order valence-electron chi connectivity index (χ0n) is 11.0. The monoisotopic (exact) mass is 268 g/mol. The van der Waals surface area contributed by atoms with Crippen molar-refractivity contribution in [2.75, 3.05) is 19.6 Å². The van der Waals surface area contributed by atoms with Crippen LogP contribution in [0.2, 0.25) is 0 Å². The molecule has 1 unspecified atom stereocenters. The van der Waals surface area contributed by atoms with Crippen LogP contribution in [0.5, 0.6) is 0 Å². The van der Waals surface area contributed by atoms with Crippen LogP contribution in [0.25, 0.3) is 10.4 Å². The van der Waals surface area contributed by atoms with Crippen molar-refractivity contribution >= 4 is 11.9 Å². The third-order valence-electron chi connectivity index (χ3n) is 3.31. The Labute approximate surface area is 112 Å². The molecule has 1 aliphatic heterocycles. The summed E-state index contributed by atoms with van der Waals surface area (Å²) in [5.74, 6) is -0.638. The van der Waals surface area contributed by atoms with Crippen molar-refractivity contribution in [1.29, 1.82) is 0 Å². The zero-order valence-corrected chi connectivity index (χ0v) is 11.0. The van der Waals surface area contributed by atoms with Crippen LogP contribution >= 0.6 is 0 Å². The molecule has 0 aromatic carbocycles. The molecule has 1 heterocycles. The maximum absolute atomic E-state index is 12.0. The molecule has 1 saturated heterocycles. The summed E-state index contributed by atoms with van der Waals surface area (Å²) in [4.78, 5) is 26.9. The summed E-state index contributed by atoms with van der Waals surface area (Å²) in [5.41, 5.74) is 8.33. The lowest BCUT2D eigenvalue weighted by Gasteiger charge is -2.23. The lowest BCUT2D eigenvalue weighted by molar-refractivity contribution is -0.137. The molecule has 0 bridgehead atoms. The van der Waals surface area contributed by atoms with Crippen molar-refractivity contribution < 1.29 is 14.7 Å². The van der Waals surface area contributed by atoms with Gasteiger partial charge < -0.3 is 10.0 Å². The van der Waals surface area contributed by atoms with E-state index in [0.717, 1.165) is 25.8 Å². The molecule has 1 fully saturated rings. The number of carboxylic acids is 1. The van der Waals surface area contributed by atoms with E-state index in [0.29, 0.717) is 19.5 Å². The summed E-state index contributed by atoms with van der Waals surface area (Å²) in [7, 11) is 0. The van der Waals surface area contributed by atoms with Gasteiger partial charge in [0.05, 0.1) is 0 Å². The van der Waals surface area contributed by atoms with Gasteiger partial charge in [0.25, 0.3) is 0 Å². The number of carboxylic acid groups (broad SMARTS) is 1. The number of likely N-dealkylation sites (tertiary alicyclic amines) is 1. The molecule has 1 atom stereocenters. The van der Waals surface area contributed by atoms with Gasteiger partial charge in [-0.2, -0.15) is 0 Å². The molecule has 19 heavy (non-hydrogen) atoms. The second kappa shape index (κ2) is 8.37. The molecule has 0 radical (unpaired) electrons. The largest absolute Gasteiger partial charge is 0.481 e. The van der Waals surface area contributed by atoms with Gasteiger partial charge in [0, 0.05) is 37.4 Å². The standard InChI is InChI=1S/C12H20N4O3/c13-15-14-8-10-4-1-2-7-16(9-10)11(17)5-3-6-12(18)19/h10H,1-9H2,(H,18,19). The summed E-state index contributed by atoms with van der Waals surface area (Å²) < 4.78 is 0. The van der Waals surface area contributed by atoms with E-state index in [9.17, 15) is 9.59 Å². The summed E-state index contributed by atoms with van der Waals surface area (Å²) in [5, 5.41) is 12.1. The second-order valence-electron chi connectivity index (χ2n) is 4.86. The summed E-state index contributed by atoms with van der Waals surface area (Å²) in [6, 6.07) is 0. The van der Waals surface area contributed by atoms with Gasteiger partial charge in [-0.3, -0.25) is 9.59 Å². The lowest BCUT2D eigenvalue weighted by atomic mass is 10.0. The molecule has 1 N–H and O–H groups in total. The van der Waals surface area contributed by atoms with Crippen LogP contribution in [-0.2, 0) is 9.59 Å². The third kappa shape index (κ3) is 6.10. The number of hydrogen-bond donors (Lipinski definition) is 1. The van der Waals surface area contributed by atoms with Gasteiger partial charge in [-0.15, -0.1) is 0 Å². The van der Waals surface area contributed by atoms with Gasteiger partial charge in [-0.25, -0.2) is 0 Å². The first-order chi connectivity index (χ1) is 9.13. The molecule has 106 valence electrons. The zero-order chi connectivity index (χ0) is 14.1. The Balaban J connectivity index is 2.42. The fourth-order valence-corrected chi connectivity index (χ4v) is 2.31. The highest BCUT2D eigenvalue weighted by molar-refractivity contribution is 5.77. The Bertz CT molecular complexity index is 366. The van der Waals surface area contributed by atoms with Crippen LogP contribution in [0.3, 0.4) is 0 Å². The van der Waals surface area contributed by atoms with Crippen LogP contribution < -0.4 is 0 Å². The molecule has 0 aromatic heterocycles. The second-order valence-corrected chi connectivity index (χ2v) is 4.86. The molecule has 1 amide bonds. The maximum atomic E-state index is 12.0. The number of hydrogen-bond acceptors (Lipinski definition) is 3. The summed E-state index contributed by atoms with van der Waals surface area (Å²) >= 11 is 0. The van der Waals surface area contributed by atoms with Gasteiger partial charge in [0.1, 0.15) is 0 Å². The molecule has 0 aromatic rings. The summed E-state index contributed by atoms with van der Waals surface area (Å²) in [6.45, 7) is 1.76. The Morgan fingerprint density at radius 2 is 2.16 bits per heavy atom. The number of azide groups is 1. The van der Waals surface area contributed by atoms with E-state index in [-0.39, 0.29) is 24.7 Å². The van der Waals surface area contributed by atoms with Gasteiger partial charge in [0.15, 0.2) is 0 Å². The van der Waals surface area contributed by atoms with Gasteiger partial charge in [0.2, 0.25) is 5.91 Å². The molecule has 0 aliphatic carbocycles. The van der Waals surface area contributed by atoms with E-state index in [1.165, 1.54) is 0 Å². The number of nitrogens with zero attached hydrogens (tertiary/aromatic N) is 4. The number of aliphatic carboxylic acids is 1. The van der Waals surface area contributed by atoms with Crippen LogP contribution in [0.1, 0.15) is 38.5 Å². The van der Waals surface area contributed by atoms with Crippen molar-refractivity contribution in [3.63, 3.8) is 0 Å². The average Bonchev–Trinajstić information content (AvgIpc) is 2.61. The molecular formula is C12H20N4O3. The van der Waals surface area contributed by atoms with Crippen molar-refractivity contribution in [2.45, 2.75) is 38.5 Å². The fraction of sp³-hybridized carbons (Fsp3) is 0.833. The minimum Gasteiger partial charge on any atom is -0.481 e. The number of rotatable bonds is 6. The van der Waals surface area contributed by atoms with Crippen molar-refractivity contribution in [2.24, 2.45) is 11.0 Å². The van der Waals surface area contributed by atoms with Crippen LogP contribution in [-0.4, -0.2) is 41.5 Å². The SMILES string of the molecule is [N-]=[N+]=NCC1CCCCN(C(=O)CCCC(=O)O)C1. The fourth-order valence-electron chi connectivity index (χ4n) is 2.31. The minimum atomic E-state index is -0.870. The van der Waals surface area contributed by atoms with Gasteiger partial charge in [-0.05, 0) is 30.7 Å². The minimum absolute atomic E-state index is 0.00841. The Morgan fingerprint density at radius 3 is 2.84 bits per heavy atom. The molecule has 0 saturated carbocycles. The van der Waals surface area contributed by atoms with Crippen LogP contribution in [0, 0.1) is 5.92 Å². The van der Waals surface area contributed by atoms with E-state index in [1.54, 1.807) is 4.90 Å². The van der Waals surface area contributed by atoms with Crippen molar-refractivity contribution in [3.05, 3.63) is 10.4 Å². The average molecular weight is 268 g/mol. The lowest BCUT2D eigenvalue weighted by Crippen LogP contribution is -2.35. The Kier molecular flexibility index (Phi) is 6.74. The van der Waals surface area contributed by atoms with Crippen LogP contribution in [0.4, 0.5) is 0 Å². The predicted molar refractivity (Wildman–Crippen MR) is 69.4 cm³/mol. The number of amides is 1. The normalized spacial score (nSPS) is 19.4. The van der Waals surface area contributed by atoms with Crippen molar-refractivity contribution in [3.8, 4) is 0 Å². The van der Waals surface area contributed by atoms with E-state index < -0.39 is 5.97 Å². The quantitative estimate of drug-likeness (QED) is 0.453. The highest BCUT2D eigenvalue weighted by Gasteiger charge is 2.21. The van der Waals surface area contributed by atoms with E-state index in [2.05, 4.69) is 10.0 Å². The van der Waals surface area contributed by atoms with Gasteiger partial charge in [-0.1, -0.05) is 11.5 Å². The topological polar surface area (TPSA) is 106 Å². The maximum Gasteiger partial charge on any atom is 0.303 e. The first kappa shape index (κ1) is 15.3. The first-order valence-corrected chi connectivity index (χ1v) is 6.64. The molecule has 7 heteroatoms.